The third kappa shape index (κ3) is 4.31. The van der Waals surface area contributed by atoms with Crippen LogP contribution in [-0.4, -0.2) is 43.2 Å². The molecule has 100 valence electrons. The maximum absolute atomic E-state index is 5.71. The SMILES string of the molecule is CC1(C)CN(CCCOc2ccccc2)CCN1. The molecular formula is C15H24N2O. The Hall–Kier alpha value is -1.06. The molecule has 1 N–H and O–H groups in total. The highest BCUT2D eigenvalue weighted by Gasteiger charge is 2.24. The van der Waals surface area contributed by atoms with E-state index in [1.54, 1.807) is 0 Å². The molecule has 1 aromatic rings. The fraction of sp³-hybridized carbons (Fsp3) is 0.600. The van der Waals surface area contributed by atoms with Gasteiger partial charge in [0.15, 0.2) is 0 Å². The summed E-state index contributed by atoms with van der Waals surface area (Å²) in [6.45, 7) is 9.81. The van der Waals surface area contributed by atoms with E-state index >= 15 is 0 Å². The lowest BCUT2D eigenvalue weighted by molar-refractivity contribution is 0.145. The summed E-state index contributed by atoms with van der Waals surface area (Å²) in [6.07, 6.45) is 1.09. The largest absolute Gasteiger partial charge is 0.494 e. The summed E-state index contributed by atoms with van der Waals surface area (Å²) in [5, 5.41) is 3.53. The molecule has 1 heterocycles. The second-order valence-corrected chi connectivity index (χ2v) is 5.60. The molecule has 1 fully saturated rings. The zero-order valence-corrected chi connectivity index (χ0v) is 11.5. The number of para-hydroxylation sites is 1. The highest BCUT2D eigenvalue weighted by Crippen LogP contribution is 2.11. The van der Waals surface area contributed by atoms with Crippen LogP contribution in [0.4, 0.5) is 0 Å². The van der Waals surface area contributed by atoms with E-state index in [1.165, 1.54) is 0 Å². The number of hydrogen-bond acceptors (Lipinski definition) is 3. The second-order valence-electron chi connectivity index (χ2n) is 5.60. The van der Waals surface area contributed by atoms with Gasteiger partial charge in [-0.25, -0.2) is 0 Å². The maximum atomic E-state index is 5.71. The van der Waals surface area contributed by atoms with Crippen LogP contribution in [0.3, 0.4) is 0 Å². The minimum absolute atomic E-state index is 0.249. The van der Waals surface area contributed by atoms with Gasteiger partial charge in [-0.05, 0) is 32.4 Å². The Kier molecular flexibility index (Phi) is 4.61. The molecule has 2 rings (SSSR count). The van der Waals surface area contributed by atoms with Crippen molar-refractivity contribution in [2.75, 3.05) is 32.8 Å². The van der Waals surface area contributed by atoms with Gasteiger partial charge < -0.3 is 15.0 Å². The molecule has 0 atom stereocenters. The van der Waals surface area contributed by atoms with E-state index < -0.39 is 0 Å². The molecule has 1 aliphatic rings. The third-order valence-electron chi connectivity index (χ3n) is 3.28. The van der Waals surface area contributed by atoms with Crippen molar-refractivity contribution in [3.8, 4) is 5.75 Å². The summed E-state index contributed by atoms with van der Waals surface area (Å²) in [6, 6.07) is 10.0. The molecular weight excluding hydrogens is 224 g/mol. The molecule has 0 aliphatic carbocycles. The van der Waals surface area contributed by atoms with Gasteiger partial charge >= 0.3 is 0 Å². The molecule has 1 aliphatic heterocycles. The van der Waals surface area contributed by atoms with Crippen molar-refractivity contribution in [1.82, 2.24) is 10.2 Å². The predicted octanol–water partition coefficient (Wildman–Crippen LogP) is 2.14. The Morgan fingerprint density at radius 3 is 2.78 bits per heavy atom. The summed E-state index contributed by atoms with van der Waals surface area (Å²) in [5.41, 5.74) is 0.249. The average molecular weight is 248 g/mol. The van der Waals surface area contributed by atoms with Crippen molar-refractivity contribution in [2.45, 2.75) is 25.8 Å². The van der Waals surface area contributed by atoms with Gasteiger partial charge in [0.05, 0.1) is 6.61 Å². The van der Waals surface area contributed by atoms with Gasteiger partial charge in [-0.2, -0.15) is 0 Å². The van der Waals surface area contributed by atoms with Crippen LogP contribution in [0, 0.1) is 0 Å². The van der Waals surface area contributed by atoms with Crippen molar-refractivity contribution < 1.29 is 4.74 Å². The summed E-state index contributed by atoms with van der Waals surface area (Å²) in [5.74, 6) is 0.971. The van der Waals surface area contributed by atoms with E-state index in [-0.39, 0.29) is 5.54 Å². The quantitative estimate of drug-likeness (QED) is 0.808. The minimum atomic E-state index is 0.249. The fourth-order valence-electron chi connectivity index (χ4n) is 2.43. The van der Waals surface area contributed by atoms with E-state index in [9.17, 15) is 0 Å². The van der Waals surface area contributed by atoms with Crippen LogP contribution in [0.5, 0.6) is 5.75 Å². The smallest absolute Gasteiger partial charge is 0.119 e. The number of nitrogens with zero attached hydrogens (tertiary/aromatic N) is 1. The number of benzene rings is 1. The minimum Gasteiger partial charge on any atom is -0.494 e. The molecule has 0 unspecified atom stereocenters. The van der Waals surface area contributed by atoms with Crippen LogP contribution in [0.25, 0.3) is 0 Å². The van der Waals surface area contributed by atoms with Gasteiger partial charge in [0.25, 0.3) is 0 Å². The average Bonchev–Trinajstić information content (AvgIpc) is 2.35. The van der Waals surface area contributed by atoms with Crippen LogP contribution in [0.1, 0.15) is 20.3 Å². The summed E-state index contributed by atoms with van der Waals surface area (Å²) < 4.78 is 5.71. The molecule has 0 saturated carbocycles. The van der Waals surface area contributed by atoms with E-state index in [0.717, 1.165) is 45.0 Å². The Bertz CT molecular complexity index is 351. The third-order valence-corrected chi connectivity index (χ3v) is 3.28. The summed E-state index contributed by atoms with van der Waals surface area (Å²) in [7, 11) is 0. The fourth-order valence-corrected chi connectivity index (χ4v) is 2.43. The Balaban J connectivity index is 1.64. The van der Waals surface area contributed by atoms with Gasteiger partial charge in [0.2, 0.25) is 0 Å². The highest BCUT2D eigenvalue weighted by molar-refractivity contribution is 5.20. The first kappa shape index (κ1) is 13.4. The van der Waals surface area contributed by atoms with Crippen molar-refractivity contribution in [3.05, 3.63) is 30.3 Å². The van der Waals surface area contributed by atoms with Crippen LogP contribution in [0.15, 0.2) is 30.3 Å². The number of nitrogens with one attached hydrogen (secondary N) is 1. The van der Waals surface area contributed by atoms with Gasteiger partial charge in [-0.15, -0.1) is 0 Å². The first-order chi connectivity index (χ1) is 8.66. The lowest BCUT2D eigenvalue weighted by atomic mass is 10.0. The van der Waals surface area contributed by atoms with E-state index in [2.05, 4.69) is 24.1 Å². The van der Waals surface area contributed by atoms with Crippen molar-refractivity contribution in [2.24, 2.45) is 0 Å². The zero-order valence-electron chi connectivity index (χ0n) is 11.5. The second kappa shape index (κ2) is 6.21. The van der Waals surface area contributed by atoms with Gasteiger partial charge in [0.1, 0.15) is 5.75 Å². The molecule has 0 spiro atoms. The van der Waals surface area contributed by atoms with Gasteiger partial charge in [-0.1, -0.05) is 18.2 Å². The lowest BCUT2D eigenvalue weighted by Gasteiger charge is -2.39. The topological polar surface area (TPSA) is 24.5 Å². The highest BCUT2D eigenvalue weighted by atomic mass is 16.5. The molecule has 0 bridgehead atoms. The molecule has 0 radical (unpaired) electrons. The van der Waals surface area contributed by atoms with Crippen LogP contribution >= 0.6 is 0 Å². The molecule has 0 aromatic heterocycles. The first-order valence-corrected chi connectivity index (χ1v) is 6.81. The molecule has 0 amide bonds. The molecule has 3 heteroatoms. The summed E-state index contributed by atoms with van der Waals surface area (Å²) >= 11 is 0. The molecule has 3 nitrogen and oxygen atoms in total. The number of hydrogen-bond donors (Lipinski definition) is 1. The monoisotopic (exact) mass is 248 g/mol. The van der Waals surface area contributed by atoms with Crippen molar-refractivity contribution in [1.29, 1.82) is 0 Å². The molecule has 1 saturated heterocycles. The zero-order chi connectivity index (χ0) is 12.8. The molecule has 1 aromatic carbocycles. The number of rotatable bonds is 5. The Morgan fingerprint density at radius 2 is 2.06 bits per heavy atom. The van der Waals surface area contributed by atoms with Gasteiger partial charge in [0, 0.05) is 31.7 Å². The summed E-state index contributed by atoms with van der Waals surface area (Å²) in [4.78, 5) is 2.52. The number of piperazine rings is 1. The first-order valence-electron chi connectivity index (χ1n) is 6.81. The van der Waals surface area contributed by atoms with E-state index in [0.29, 0.717) is 0 Å². The maximum Gasteiger partial charge on any atom is 0.119 e. The number of ether oxygens (including phenoxy) is 1. The van der Waals surface area contributed by atoms with Crippen molar-refractivity contribution >= 4 is 0 Å². The molecule has 18 heavy (non-hydrogen) atoms. The Labute approximate surface area is 110 Å². The predicted molar refractivity (Wildman–Crippen MR) is 75.1 cm³/mol. The van der Waals surface area contributed by atoms with Gasteiger partial charge in [-0.3, -0.25) is 0 Å². The van der Waals surface area contributed by atoms with Crippen molar-refractivity contribution in [3.63, 3.8) is 0 Å². The Morgan fingerprint density at radius 1 is 1.28 bits per heavy atom. The normalized spacial score (nSPS) is 19.7. The van der Waals surface area contributed by atoms with Crippen LogP contribution in [0.2, 0.25) is 0 Å². The standard InChI is InChI=1S/C15H24N2O/c1-15(2)13-17(11-9-16-15)10-6-12-18-14-7-4-3-5-8-14/h3-5,7-8,16H,6,9-13H2,1-2H3. The van der Waals surface area contributed by atoms with Crippen LogP contribution in [-0.2, 0) is 0 Å². The van der Waals surface area contributed by atoms with E-state index in [1.807, 2.05) is 30.3 Å². The van der Waals surface area contributed by atoms with Crippen LogP contribution < -0.4 is 10.1 Å². The van der Waals surface area contributed by atoms with E-state index in [4.69, 9.17) is 4.74 Å². The lowest BCUT2D eigenvalue weighted by Crippen LogP contribution is -2.57.